The van der Waals surface area contributed by atoms with Gasteiger partial charge < -0.3 is 19.8 Å². The largest absolute Gasteiger partial charge is 0.465 e. The summed E-state index contributed by atoms with van der Waals surface area (Å²) in [6.45, 7) is 0. The monoisotopic (exact) mass is 376 g/mol. The smallest absolute Gasteiger partial charge is 0.340 e. The highest BCUT2D eigenvalue weighted by Gasteiger charge is 2.20. The predicted molar refractivity (Wildman–Crippen MR) is 94.6 cm³/mol. The minimum Gasteiger partial charge on any atom is -0.465 e. The lowest BCUT2D eigenvalue weighted by Gasteiger charge is -2.07. The van der Waals surface area contributed by atoms with Crippen LogP contribution < -0.4 is 10.6 Å². The fourth-order valence-electron chi connectivity index (χ4n) is 2.00. The molecule has 0 spiro atoms. The maximum atomic E-state index is 12.5. The lowest BCUT2D eigenvalue weighted by Crippen LogP contribution is -2.17. The number of hydrogen-bond acceptors (Lipinski definition) is 7. The van der Waals surface area contributed by atoms with E-state index in [-0.39, 0.29) is 16.9 Å². The van der Waals surface area contributed by atoms with Crippen LogP contribution in [0.2, 0.25) is 0 Å². The van der Waals surface area contributed by atoms with E-state index in [1.165, 1.54) is 42.1 Å². The van der Waals surface area contributed by atoms with Crippen LogP contribution in [0.5, 0.6) is 0 Å². The van der Waals surface area contributed by atoms with E-state index in [1.807, 2.05) is 0 Å². The molecule has 0 aliphatic carbocycles. The molecule has 0 fully saturated rings. The third-order valence-electron chi connectivity index (χ3n) is 3.18. The fraction of sp³-hybridized carbons (Fsp3) is 0.0625. The zero-order chi connectivity index (χ0) is 17.8. The molecule has 0 unspecified atom stereocenters. The Morgan fingerprint density at radius 3 is 2.24 bits per heavy atom. The zero-order valence-electron chi connectivity index (χ0n) is 12.9. The molecule has 0 saturated carbocycles. The summed E-state index contributed by atoms with van der Waals surface area (Å²) in [5, 5.41) is 9.43. The summed E-state index contributed by atoms with van der Waals surface area (Å²) in [5.41, 5.74) is 0.561. The molecule has 0 saturated heterocycles. The molecule has 0 bridgehead atoms. The van der Waals surface area contributed by atoms with Crippen molar-refractivity contribution in [2.24, 2.45) is 0 Å². The molecule has 3 aromatic rings. The highest BCUT2D eigenvalue weighted by atomic mass is 32.1. The molecule has 2 amide bonds. The van der Waals surface area contributed by atoms with Gasteiger partial charge in [-0.1, -0.05) is 0 Å². The Kier molecular flexibility index (Phi) is 4.96. The second kappa shape index (κ2) is 7.32. The normalized spacial score (nSPS) is 10.3. The van der Waals surface area contributed by atoms with Gasteiger partial charge in [0.25, 0.3) is 11.8 Å². The van der Waals surface area contributed by atoms with Crippen molar-refractivity contribution in [3.05, 3.63) is 58.2 Å². The van der Waals surface area contributed by atoms with Gasteiger partial charge in [-0.25, -0.2) is 4.79 Å². The number of carbonyl (C=O) groups excluding carboxylic acids is 3. The first-order chi connectivity index (χ1) is 12.1. The molecular weight excluding hydrogens is 364 g/mol. The van der Waals surface area contributed by atoms with Crippen LogP contribution >= 0.6 is 22.7 Å². The Hall–Kier alpha value is -2.91. The molecular formula is C16H12N2O5S2. The Labute approximate surface area is 150 Å². The maximum Gasteiger partial charge on any atom is 0.340 e. The summed E-state index contributed by atoms with van der Waals surface area (Å²) in [7, 11) is 1.27. The number of hydrogen-bond donors (Lipinski definition) is 2. The van der Waals surface area contributed by atoms with Crippen molar-refractivity contribution >= 4 is 50.5 Å². The van der Waals surface area contributed by atoms with Gasteiger partial charge in [0, 0.05) is 0 Å². The average molecular weight is 376 g/mol. The number of carbonyl (C=O) groups is 3. The highest BCUT2D eigenvalue weighted by molar-refractivity contribution is 7.15. The van der Waals surface area contributed by atoms with Crippen molar-refractivity contribution in [1.29, 1.82) is 0 Å². The minimum absolute atomic E-state index is 0.144. The minimum atomic E-state index is -0.534. The molecule has 0 aliphatic heterocycles. The van der Waals surface area contributed by atoms with Gasteiger partial charge in [0.2, 0.25) is 0 Å². The van der Waals surface area contributed by atoms with Gasteiger partial charge in [0.1, 0.15) is 10.0 Å². The zero-order valence-corrected chi connectivity index (χ0v) is 14.5. The van der Waals surface area contributed by atoms with Crippen LogP contribution in [0.25, 0.3) is 0 Å². The number of rotatable bonds is 5. The summed E-state index contributed by atoms with van der Waals surface area (Å²) in [6.07, 6.45) is 1.39. The van der Waals surface area contributed by atoms with Crippen LogP contribution in [0.1, 0.15) is 31.3 Å². The second-order valence-corrected chi connectivity index (χ2v) is 6.54. The average Bonchev–Trinajstić information content (AvgIpc) is 3.35. The standard InChI is InChI=1S/C16H12N2O5S2/c1-22-16(21)10-5-8-25-15(10)17-12(19)9-4-7-24-14(9)18-13(20)11-3-2-6-23-11/h2-8H,1H3,(H,17,19)(H,18,20). The van der Waals surface area contributed by atoms with Gasteiger partial charge in [-0.2, -0.15) is 0 Å². The Bertz CT molecular complexity index is 911. The van der Waals surface area contributed by atoms with E-state index in [0.717, 1.165) is 0 Å². The van der Waals surface area contributed by atoms with Crippen molar-refractivity contribution in [3.63, 3.8) is 0 Å². The van der Waals surface area contributed by atoms with Crippen molar-refractivity contribution in [2.45, 2.75) is 0 Å². The molecule has 9 heteroatoms. The van der Waals surface area contributed by atoms with E-state index in [1.54, 1.807) is 29.0 Å². The molecule has 2 N–H and O–H groups in total. The number of amides is 2. The Morgan fingerprint density at radius 1 is 0.960 bits per heavy atom. The van der Waals surface area contributed by atoms with Crippen molar-refractivity contribution in [2.75, 3.05) is 17.7 Å². The van der Waals surface area contributed by atoms with E-state index in [9.17, 15) is 14.4 Å². The summed E-state index contributed by atoms with van der Waals surface area (Å²) in [4.78, 5) is 36.2. The van der Waals surface area contributed by atoms with Crippen LogP contribution in [0.4, 0.5) is 10.0 Å². The van der Waals surface area contributed by atoms with Gasteiger partial charge in [0.05, 0.1) is 24.5 Å². The van der Waals surface area contributed by atoms with Crippen molar-refractivity contribution in [1.82, 2.24) is 0 Å². The Morgan fingerprint density at radius 2 is 1.60 bits per heavy atom. The van der Waals surface area contributed by atoms with Crippen LogP contribution in [-0.4, -0.2) is 24.9 Å². The number of ether oxygens (including phenoxy) is 1. The third kappa shape index (κ3) is 3.62. The van der Waals surface area contributed by atoms with Crippen LogP contribution in [-0.2, 0) is 4.74 Å². The quantitative estimate of drug-likeness (QED) is 0.662. The van der Waals surface area contributed by atoms with Crippen LogP contribution in [0, 0.1) is 0 Å². The number of methoxy groups -OCH3 is 1. The third-order valence-corrected chi connectivity index (χ3v) is 4.84. The molecule has 128 valence electrons. The molecule has 0 atom stereocenters. The van der Waals surface area contributed by atoms with Crippen LogP contribution in [0.3, 0.4) is 0 Å². The molecule has 25 heavy (non-hydrogen) atoms. The van der Waals surface area contributed by atoms with Gasteiger partial charge in [-0.05, 0) is 35.0 Å². The highest BCUT2D eigenvalue weighted by Crippen LogP contribution is 2.28. The molecule has 0 radical (unpaired) electrons. The lowest BCUT2D eigenvalue weighted by molar-refractivity contribution is 0.0602. The second-order valence-electron chi connectivity index (χ2n) is 4.70. The first kappa shape index (κ1) is 16.9. The molecule has 3 rings (SSSR count). The number of esters is 1. The molecule has 0 aliphatic rings. The SMILES string of the molecule is COC(=O)c1ccsc1NC(=O)c1ccsc1NC(=O)c1ccco1. The van der Waals surface area contributed by atoms with E-state index in [0.29, 0.717) is 10.0 Å². The predicted octanol–water partition coefficient (Wildman–Crippen LogP) is 3.69. The summed E-state index contributed by atoms with van der Waals surface area (Å²) in [6, 6.07) is 6.28. The first-order valence-corrected chi connectivity index (χ1v) is 8.75. The van der Waals surface area contributed by atoms with Crippen LogP contribution in [0.15, 0.2) is 45.7 Å². The number of furan rings is 1. The number of anilines is 2. The van der Waals surface area contributed by atoms with Gasteiger partial charge >= 0.3 is 5.97 Å². The number of thiophene rings is 2. The fourth-order valence-corrected chi connectivity index (χ4v) is 3.55. The molecule has 3 heterocycles. The van der Waals surface area contributed by atoms with E-state index in [4.69, 9.17) is 4.42 Å². The summed E-state index contributed by atoms with van der Waals surface area (Å²) < 4.78 is 9.70. The topological polar surface area (TPSA) is 97.6 Å². The molecule has 0 aromatic carbocycles. The van der Waals surface area contributed by atoms with E-state index in [2.05, 4.69) is 15.4 Å². The summed E-state index contributed by atoms with van der Waals surface area (Å²) in [5.74, 6) is -1.28. The van der Waals surface area contributed by atoms with Gasteiger partial charge in [0.15, 0.2) is 5.76 Å². The Balaban J connectivity index is 1.76. The number of nitrogens with one attached hydrogen (secondary N) is 2. The summed E-state index contributed by atoms with van der Waals surface area (Å²) >= 11 is 2.41. The first-order valence-electron chi connectivity index (χ1n) is 6.99. The van der Waals surface area contributed by atoms with E-state index < -0.39 is 17.8 Å². The lowest BCUT2D eigenvalue weighted by atomic mass is 10.2. The maximum absolute atomic E-state index is 12.5. The van der Waals surface area contributed by atoms with Gasteiger partial charge in [-0.15, -0.1) is 22.7 Å². The van der Waals surface area contributed by atoms with Crippen molar-refractivity contribution < 1.29 is 23.5 Å². The van der Waals surface area contributed by atoms with Gasteiger partial charge in [-0.3, -0.25) is 9.59 Å². The van der Waals surface area contributed by atoms with E-state index >= 15 is 0 Å². The van der Waals surface area contributed by atoms with Crippen molar-refractivity contribution in [3.8, 4) is 0 Å². The molecule has 7 nitrogen and oxygen atoms in total. The molecule has 3 aromatic heterocycles.